The van der Waals surface area contributed by atoms with E-state index in [1.807, 2.05) is 0 Å². The molecule has 0 spiro atoms. The van der Waals surface area contributed by atoms with Gasteiger partial charge in [0.25, 0.3) is 0 Å². The maximum atomic E-state index is 5.91. The first-order valence-corrected chi connectivity index (χ1v) is 9.00. The van der Waals surface area contributed by atoms with Crippen molar-refractivity contribution in [2.24, 2.45) is 11.7 Å². The van der Waals surface area contributed by atoms with Gasteiger partial charge in [-0.25, -0.2) is 0 Å². The van der Waals surface area contributed by atoms with Crippen molar-refractivity contribution in [1.29, 1.82) is 0 Å². The molecule has 0 aliphatic heterocycles. The highest BCUT2D eigenvalue weighted by Gasteiger charge is 2.23. The van der Waals surface area contributed by atoms with Gasteiger partial charge in [0.1, 0.15) is 0 Å². The summed E-state index contributed by atoms with van der Waals surface area (Å²) in [4.78, 5) is 2.45. The molecule has 0 radical (unpaired) electrons. The van der Waals surface area contributed by atoms with Gasteiger partial charge in [-0.05, 0) is 49.5 Å². The summed E-state index contributed by atoms with van der Waals surface area (Å²) in [5, 5.41) is 3.73. The van der Waals surface area contributed by atoms with E-state index in [1.54, 1.807) is 0 Å². The largest absolute Gasteiger partial charge is 0.330 e. The summed E-state index contributed by atoms with van der Waals surface area (Å²) in [6.07, 6.45) is 5.26. The lowest BCUT2D eigenvalue weighted by Crippen LogP contribution is -2.41. The van der Waals surface area contributed by atoms with Crippen molar-refractivity contribution < 1.29 is 0 Å². The zero-order chi connectivity index (χ0) is 15.8. The zero-order valence-electron chi connectivity index (χ0n) is 14.4. The first kappa shape index (κ1) is 17.5. The highest BCUT2D eigenvalue weighted by molar-refractivity contribution is 5.22. The van der Waals surface area contributed by atoms with Gasteiger partial charge in [-0.1, -0.05) is 51.0 Å². The van der Waals surface area contributed by atoms with E-state index in [0.717, 1.165) is 32.7 Å². The Labute approximate surface area is 136 Å². The third-order valence-corrected chi connectivity index (χ3v) is 5.10. The molecule has 2 unspecified atom stereocenters. The molecular formula is C19H33N3. The van der Waals surface area contributed by atoms with Crippen molar-refractivity contribution >= 4 is 0 Å². The molecule has 1 aromatic rings. The Morgan fingerprint density at radius 2 is 1.68 bits per heavy atom. The summed E-state index contributed by atoms with van der Waals surface area (Å²) in [5.41, 5.74) is 8.70. The molecule has 1 aliphatic rings. The molecule has 1 aliphatic carbocycles. The molecule has 0 bridgehead atoms. The quantitative estimate of drug-likeness (QED) is 0.775. The third-order valence-electron chi connectivity index (χ3n) is 5.10. The first-order valence-electron chi connectivity index (χ1n) is 9.00. The molecule has 2 atom stereocenters. The Balaban J connectivity index is 1.83. The fourth-order valence-corrected chi connectivity index (χ4v) is 3.48. The summed E-state index contributed by atoms with van der Waals surface area (Å²) in [6.45, 7) is 9.51. The molecule has 0 saturated heterocycles. The minimum Gasteiger partial charge on any atom is -0.330 e. The molecule has 1 saturated carbocycles. The van der Waals surface area contributed by atoms with Crippen LogP contribution in [-0.2, 0) is 13.1 Å². The van der Waals surface area contributed by atoms with Gasteiger partial charge in [0.15, 0.2) is 0 Å². The number of benzene rings is 1. The highest BCUT2D eigenvalue weighted by atomic mass is 15.1. The minimum absolute atomic E-state index is 0.606. The van der Waals surface area contributed by atoms with E-state index in [-0.39, 0.29) is 0 Å². The Morgan fingerprint density at radius 3 is 2.32 bits per heavy atom. The maximum absolute atomic E-state index is 5.91. The summed E-state index contributed by atoms with van der Waals surface area (Å²) < 4.78 is 0. The fraction of sp³-hybridized carbons (Fsp3) is 0.684. The Kier molecular flexibility index (Phi) is 7.37. The van der Waals surface area contributed by atoms with Crippen LogP contribution in [0.15, 0.2) is 24.3 Å². The van der Waals surface area contributed by atoms with Crippen molar-refractivity contribution in [2.75, 3.05) is 19.6 Å². The van der Waals surface area contributed by atoms with Gasteiger partial charge in [0.2, 0.25) is 0 Å². The second-order valence-electron chi connectivity index (χ2n) is 6.55. The Morgan fingerprint density at radius 1 is 1.05 bits per heavy atom. The molecule has 0 heterocycles. The van der Waals surface area contributed by atoms with Crippen LogP contribution in [0, 0.1) is 5.92 Å². The van der Waals surface area contributed by atoms with Gasteiger partial charge in [0, 0.05) is 19.1 Å². The average Bonchev–Trinajstić information content (AvgIpc) is 2.59. The zero-order valence-corrected chi connectivity index (χ0v) is 14.4. The van der Waals surface area contributed by atoms with E-state index in [2.05, 4.69) is 48.3 Å². The van der Waals surface area contributed by atoms with Crippen LogP contribution in [0.25, 0.3) is 0 Å². The van der Waals surface area contributed by atoms with E-state index in [1.165, 1.54) is 36.8 Å². The monoisotopic (exact) mass is 303 g/mol. The van der Waals surface area contributed by atoms with Gasteiger partial charge < -0.3 is 11.1 Å². The highest BCUT2D eigenvalue weighted by Crippen LogP contribution is 2.23. The summed E-state index contributed by atoms with van der Waals surface area (Å²) in [7, 11) is 0. The molecular weight excluding hydrogens is 270 g/mol. The molecule has 3 heteroatoms. The van der Waals surface area contributed by atoms with Crippen LogP contribution in [0.5, 0.6) is 0 Å². The van der Waals surface area contributed by atoms with Crippen molar-refractivity contribution in [3.05, 3.63) is 35.4 Å². The average molecular weight is 303 g/mol. The van der Waals surface area contributed by atoms with Crippen LogP contribution >= 0.6 is 0 Å². The van der Waals surface area contributed by atoms with E-state index < -0.39 is 0 Å². The molecule has 3 N–H and O–H groups in total. The van der Waals surface area contributed by atoms with Gasteiger partial charge in [-0.2, -0.15) is 0 Å². The van der Waals surface area contributed by atoms with Crippen LogP contribution in [0.3, 0.4) is 0 Å². The normalized spacial score (nSPS) is 22.2. The number of nitrogens with two attached hydrogens (primary N) is 1. The van der Waals surface area contributed by atoms with Crippen LogP contribution < -0.4 is 11.1 Å². The summed E-state index contributed by atoms with van der Waals surface area (Å²) in [6, 6.07) is 9.69. The molecule has 1 aromatic carbocycles. The molecule has 0 aromatic heterocycles. The van der Waals surface area contributed by atoms with E-state index in [0.29, 0.717) is 12.0 Å². The fourth-order valence-electron chi connectivity index (χ4n) is 3.48. The minimum atomic E-state index is 0.606. The molecule has 1 fully saturated rings. The number of rotatable bonds is 8. The Bertz CT molecular complexity index is 411. The van der Waals surface area contributed by atoms with Crippen LogP contribution in [0.2, 0.25) is 0 Å². The van der Waals surface area contributed by atoms with Crippen LogP contribution in [-0.4, -0.2) is 30.6 Å². The second-order valence-corrected chi connectivity index (χ2v) is 6.55. The van der Waals surface area contributed by atoms with Gasteiger partial charge in [0.05, 0.1) is 0 Å². The lowest BCUT2D eigenvalue weighted by Gasteiger charge is -2.31. The lowest BCUT2D eigenvalue weighted by atomic mass is 9.84. The SMILES string of the molecule is CCN(CC)Cc1ccc(CNC2CCCCC2CN)cc1. The summed E-state index contributed by atoms with van der Waals surface area (Å²) >= 11 is 0. The van der Waals surface area contributed by atoms with E-state index in [9.17, 15) is 0 Å². The molecule has 124 valence electrons. The first-order chi connectivity index (χ1) is 10.8. The number of hydrogen-bond acceptors (Lipinski definition) is 3. The van der Waals surface area contributed by atoms with Crippen molar-refractivity contribution in [3.63, 3.8) is 0 Å². The van der Waals surface area contributed by atoms with E-state index in [4.69, 9.17) is 5.73 Å². The van der Waals surface area contributed by atoms with Crippen molar-refractivity contribution in [2.45, 2.75) is 58.7 Å². The van der Waals surface area contributed by atoms with Crippen molar-refractivity contribution in [1.82, 2.24) is 10.2 Å². The topological polar surface area (TPSA) is 41.3 Å². The second kappa shape index (κ2) is 9.29. The maximum Gasteiger partial charge on any atom is 0.0233 e. The number of nitrogens with zero attached hydrogens (tertiary/aromatic N) is 1. The Hall–Kier alpha value is -0.900. The lowest BCUT2D eigenvalue weighted by molar-refractivity contribution is 0.267. The predicted octanol–water partition coefficient (Wildman–Crippen LogP) is 3.14. The van der Waals surface area contributed by atoms with Crippen LogP contribution in [0.4, 0.5) is 0 Å². The van der Waals surface area contributed by atoms with Gasteiger partial charge in [-0.15, -0.1) is 0 Å². The smallest absolute Gasteiger partial charge is 0.0233 e. The van der Waals surface area contributed by atoms with Crippen LogP contribution in [0.1, 0.15) is 50.7 Å². The molecule has 2 rings (SSSR count). The van der Waals surface area contributed by atoms with Crippen molar-refractivity contribution in [3.8, 4) is 0 Å². The number of hydrogen-bond donors (Lipinski definition) is 2. The predicted molar refractivity (Wildman–Crippen MR) is 94.7 cm³/mol. The molecule has 3 nitrogen and oxygen atoms in total. The summed E-state index contributed by atoms with van der Waals surface area (Å²) in [5.74, 6) is 0.663. The van der Waals surface area contributed by atoms with E-state index >= 15 is 0 Å². The van der Waals surface area contributed by atoms with Gasteiger partial charge >= 0.3 is 0 Å². The molecule has 22 heavy (non-hydrogen) atoms. The van der Waals surface area contributed by atoms with Gasteiger partial charge in [-0.3, -0.25) is 4.90 Å². The third kappa shape index (κ3) is 5.08. The standard InChI is InChI=1S/C19H33N3/c1-3-22(4-2)15-17-11-9-16(10-12-17)14-21-19-8-6-5-7-18(19)13-20/h9-12,18-19,21H,3-8,13-15,20H2,1-2H3. The number of nitrogens with one attached hydrogen (secondary N) is 1. The molecule has 0 amide bonds.